The summed E-state index contributed by atoms with van der Waals surface area (Å²) in [5.41, 5.74) is 4.98. The van der Waals surface area contributed by atoms with E-state index in [9.17, 15) is 10.4 Å². The van der Waals surface area contributed by atoms with E-state index in [0.717, 1.165) is 16.7 Å². The third-order valence-electron chi connectivity index (χ3n) is 5.33. The summed E-state index contributed by atoms with van der Waals surface area (Å²) in [5, 5.41) is 29.1. The zero-order valence-corrected chi connectivity index (χ0v) is 18.4. The lowest BCUT2D eigenvalue weighted by atomic mass is 9.97. The first-order valence-corrected chi connectivity index (χ1v) is 10.5. The van der Waals surface area contributed by atoms with Crippen LogP contribution in [0.15, 0.2) is 79.3 Å². The molecule has 0 fully saturated rings. The monoisotopic (exact) mass is 444 g/mol. The molecule has 0 aliphatic heterocycles. The van der Waals surface area contributed by atoms with Crippen molar-refractivity contribution < 1.29 is 9.84 Å². The standard InChI is InChI=1S/C28H20N4O2/c1-34-25-4-2-3-24(14-25)26-13-22(16-30)9-10-23(26)11-12-28(33)27-17-31-19-32(27)18-21-7-5-20(15-29)6-8-21/h2-10,13-14,17,19,28,33H,18H2,1H3. The molecule has 1 aromatic heterocycles. The highest BCUT2D eigenvalue weighted by Gasteiger charge is 2.12. The molecule has 1 unspecified atom stereocenters. The molecule has 0 spiro atoms. The van der Waals surface area contributed by atoms with Gasteiger partial charge in [-0.15, -0.1) is 0 Å². The van der Waals surface area contributed by atoms with Crippen LogP contribution in [0.25, 0.3) is 11.1 Å². The van der Waals surface area contributed by atoms with E-state index in [4.69, 9.17) is 10.00 Å². The maximum atomic E-state index is 10.8. The first kappa shape index (κ1) is 22.4. The van der Waals surface area contributed by atoms with Crippen LogP contribution in [0.2, 0.25) is 0 Å². The summed E-state index contributed by atoms with van der Waals surface area (Å²) in [5.74, 6) is 6.68. The highest BCUT2D eigenvalue weighted by molar-refractivity contribution is 5.73. The van der Waals surface area contributed by atoms with E-state index >= 15 is 0 Å². The van der Waals surface area contributed by atoms with Crippen molar-refractivity contribution in [2.75, 3.05) is 7.11 Å². The second-order valence-electron chi connectivity index (χ2n) is 7.53. The first-order chi connectivity index (χ1) is 16.6. The van der Waals surface area contributed by atoms with Gasteiger partial charge < -0.3 is 14.4 Å². The minimum absolute atomic E-state index is 0.492. The summed E-state index contributed by atoms with van der Waals surface area (Å²) in [6, 6.07) is 24.3. The summed E-state index contributed by atoms with van der Waals surface area (Å²) in [6.07, 6.45) is 2.17. The van der Waals surface area contributed by atoms with Gasteiger partial charge in [0.2, 0.25) is 0 Å². The van der Waals surface area contributed by atoms with Gasteiger partial charge in [0.05, 0.1) is 48.6 Å². The quantitative estimate of drug-likeness (QED) is 0.460. The molecule has 0 aliphatic carbocycles. The second kappa shape index (κ2) is 10.2. The zero-order chi connectivity index (χ0) is 23.9. The van der Waals surface area contributed by atoms with Gasteiger partial charge in [0.25, 0.3) is 0 Å². The second-order valence-corrected chi connectivity index (χ2v) is 7.53. The van der Waals surface area contributed by atoms with Crippen molar-refractivity contribution in [2.45, 2.75) is 12.6 Å². The van der Waals surface area contributed by atoms with Gasteiger partial charge in [0, 0.05) is 12.1 Å². The van der Waals surface area contributed by atoms with Gasteiger partial charge >= 0.3 is 0 Å². The number of aliphatic hydroxyl groups excluding tert-OH is 1. The van der Waals surface area contributed by atoms with Crippen LogP contribution in [-0.2, 0) is 6.54 Å². The summed E-state index contributed by atoms with van der Waals surface area (Å²) in [4.78, 5) is 4.17. The Bertz CT molecular complexity index is 1460. The van der Waals surface area contributed by atoms with E-state index in [2.05, 4.69) is 29.0 Å². The Hall–Kier alpha value is -4.83. The molecule has 6 nitrogen and oxygen atoms in total. The summed E-state index contributed by atoms with van der Waals surface area (Å²) in [7, 11) is 1.60. The average molecular weight is 444 g/mol. The molecule has 0 amide bonds. The van der Waals surface area contributed by atoms with Gasteiger partial charge in [0.1, 0.15) is 5.75 Å². The molecule has 34 heavy (non-hydrogen) atoms. The Morgan fingerprint density at radius 1 is 1.00 bits per heavy atom. The maximum absolute atomic E-state index is 10.8. The van der Waals surface area contributed by atoms with E-state index in [0.29, 0.717) is 34.7 Å². The van der Waals surface area contributed by atoms with Gasteiger partial charge in [-0.05, 0) is 59.2 Å². The van der Waals surface area contributed by atoms with Crippen molar-refractivity contribution in [3.63, 3.8) is 0 Å². The van der Waals surface area contributed by atoms with E-state index in [1.807, 2.05) is 41.0 Å². The normalized spacial score (nSPS) is 10.9. The number of rotatable bonds is 5. The Labute approximate surface area is 197 Å². The van der Waals surface area contributed by atoms with Crippen molar-refractivity contribution in [3.05, 3.63) is 107 Å². The molecule has 1 atom stereocenters. The molecule has 3 aromatic carbocycles. The van der Waals surface area contributed by atoms with Crippen molar-refractivity contribution in [1.29, 1.82) is 10.5 Å². The molecule has 1 heterocycles. The minimum Gasteiger partial charge on any atom is -0.497 e. The van der Waals surface area contributed by atoms with Crippen LogP contribution in [-0.4, -0.2) is 21.8 Å². The molecule has 0 radical (unpaired) electrons. The topological polar surface area (TPSA) is 94.9 Å². The van der Waals surface area contributed by atoms with Crippen LogP contribution in [0.3, 0.4) is 0 Å². The Morgan fingerprint density at radius 2 is 1.76 bits per heavy atom. The lowest BCUT2D eigenvalue weighted by Crippen LogP contribution is -2.07. The molecule has 4 rings (SSSR count). The Balaban J connectivity index is 1.63. The van der Waals surface area contributed by atoms with Crippen molar-refractivity contribution in [2.24, 2.45) is 0 Å². The third kappa shape index (κ3) is 4.97. The fourth-order valence-electron chi connectivity index (χ4n) is 3.54. The van der Waals surface area contributed by atoms with Gasteiger partial charge in [0.15, 0.2) is 6.10 Å². The van der Waals surface area contributed by atoms with Gasteiger partial charge in [-0.25, -0.2) is 4.98 Å². The summed E-state index contributed by atoms with van der Waals surface area (Å²) in [6.45, 7) is 0.492. The number of aliphatic hydroxyl groups is 1. The predicted molar refractivity (Wildman–Crippen MR) is 127 cm³/mol. The molecule has 1 N–H and O–H groups in total. The lowest BCUT2D eigenvalue weighted by molar-refractivity contribution is 0.228. The molecule has 4 aromatic rings. The maximum Gasteiger partial charge on any atom is 0.156 e. The van der Waals surface area contributed by atoms with E-state index < -0.39 is 6.10 Å². The SMILES string of the molecule is COc1cccc(-c2cc(C#N)ccc2C#CC(O)c2cncn2Cc2ccc(C#N)cc2)c1. The molecule has 0 bridgehead atoms. The number of hydrogen-bond donors (Lipinski definition) is 1. The van der Waals surface area contributed by atoms with Crippen molar-refractivity contribution in [1.82, 2.24) is 9.55 Å². The minimum atomic E-state index is -1.06. The molecule has 0 aliphatic rings. The molecular weight excluding hydrogens is 424 g/mol. The number of nitriles is 2. The Morgan fingerprint density at radius 3 is 2.50 bits per heavy atom. The summed E-state index contributed by atoms with van der Waals surface area (Å²) < 4.78 is 7.15. The number of nitrogens with zero attached hydrogens (tertiary/aromatic N) is 4. The van der Waals surface area contributed by atoms with E-state index in [1.54, 1.807) is 50.0 Å². The highest BCUT2D eigenvalue weighted by Crippen LogP contribution is 2.28. The van der Waals surface area contributed by atoms with Gasteiger partial charge in [-0.1, -0.05) is 36.1 Å². The predicted octanol–water partition coefficient (Wildman–Crippen LogP) is 4.44. The van der Waals surface area contributed by atoms with Crippen LogP contribution in [0.5, 0.6) is 5.75 Å². The van der Waals surface area contributed by atoms with E-state index in [-0.39, 0.29) is 0 Å². The van der Waals surface area contributed by atoms with Crippen LogP contribution < -0.4 is 4.74 Å². The fourth-order valence-corrected chi connectivity index (χ4v) is 3.54. The molecule has 164 valence electrons. The number of hydrogen-bond acceptors (Lipinski definition) is 5. The number of methoxy groups -OCH3 is 1. The smallest absolute Gasteiger partial charge is 0.156 e. The van der Waals surface area contributed by atoms with E-state index in [1.165, 1.54) is 0 Å². The van der Waals surface area contributed by atoms with Crippen LogP contribution in [0, 0.1) is 34.5 Å². The largest absolute Gasteiger partial charge is 0.497 e. The molecular formula is C28H20N4O2. The summed E-state index contributed by atoms with van der Waals surface area (Å²) >= 11 is 0. The number of imidazole rings is 1. The van der Waals surface area contributed by atoms with Crippen LogP contribution in [0.4, 0.5) is 0 Å². The number of benzene rings is 3. The van der Waals surface area contributed by atoms with Crippen molar-refractivity contribution >= 4 is 0 Å². The van der Waals surface area contributed by atoms with Gasteiger partial charge in [-0.2, -0.15) is 10.5 Å². The fraction of sp³-hybridized carbons (Fsp3) is 0.107. The zero-order valence-electron chi connectivity index (χ0n) is 18.4. The van der Waals surface area contributed by atoms with Crippen LogP contribution >= 0.6 is 0 Å². The van der Waals surface area contributed by atoms with Crippen molar-refractivity contribution in [3.8, 4) is 40.9 Å². The molecule has 6 heteroatoms. The van der Waals surface area contributed by atoms with Gasteiger partial charge in [-0.3, -0.25) is 0 Å². The Kier molecular flexibility index (Phi) is 6.70. The molecule has 0 saturated carbocycles. The lowest BCUT2D eigenvalue weighted by Gasteiger charge is -2.10. The molecule has 0 saturated heterocycles. The average Bonchev–Trinajstić information content (AvgIpc) is 3.35. The first-order valence-electron chi connectivity index (χ1n) is 10.5. The number of ether oxygens (including phenoxy) is 1. The third-order valence-corrected chi connectivity index (χ3v) is 5.33. The van der Waals surface area contributed by atoms with Crippen LogP contribution in [0.1, 0.15) is 34.1 Å². The number of aromatic nitrogens is 2. The highest BCUT2D eigenvalue weighted by atomic mass is 16.5.